The summed E-state index contributed by atoms with van der Waals surface area (Å²) in [7, 11) is -4.62. The summed E-state index contributed by atoms with van der Waals surface area (Å²) in [5.41, 5.74) is 0. The molecule has 258 valence electrons. The minimum Gasteiger partial charge on any atom is -0.726 e. The van der Waals surface area contributed by atoms with Crippen LogP contribution in [0.5, 0.6) is 0 Å². The van der Waals surface area contributed by atoms with Crippen molar-refractivity contribution in [2.45, 2.75) is 219 Å². The standard InChI is InChI=1S/C38H76O4S.K/c1-3-5-7-9-11-13-15-17-19-21-23-25-27-29-31-33-35-38(37-42-43(39,40)41)36-34-32-30-28-26-24-22-20-18-16-14-12-10-8-6-4-2;/h33,35,38H,3-32,34,36-37H2,1-2H3,(H,39,40,41);/q;+1/p-1/b35-33+;. The van der Waals surface area contributed by atoms with E-state index in [9.17, 15) is 13.0 Å². The van der Waals surface area contributed by atoms with E-state index >= 15 is 0 Å². The second-order valence-corrected chi connectivity index (χ2v) is 14.4. The summed E-state index contributed by atoms with van der Waals surface area (Å²) in [6.07, 6.45) is 46.8. The Hall–Kier alpha value is 1.25. The molecule has 0 aromatic heterocycles. The van der Waals surface area contributed by atoms with Crippen molar-refractivity contribution in [1.82, 2.24) is 0 Å². The van der Waals surface area contributed by atoms with E-state index in [2.05, 4.69) is 30.2 Å². The molecule has 0 aliphatic rings. The molecule has 6 heteroatoms. The molecule has 0 spiro atoms. The average Bonchev–Trinajstić information content (AvgIpc) is 2.98. The van der Waals surface area contributed by atoms with Gasteiger partial charge in [-0.2, -0.15) is 0 Å². The predicted octanol–water partition coefficient (Wildman–Crippen LogP) is 10.2. The van der Waals surface area contributed by atoms with Crippen LogP contribution < -0.4 is 51.4 Å². The summed E-state index contributed by atoms with van der Waals surface area (Å²) in [5.74, 6) is 0.0158. The molecule has 0 aromatic carbocycles. The predicted molar refractivity (Wildman–Crippen MR) is 187 cm³/mol. The van der Waals surface area contributed by atoms with Crippen LogP contribution in [0.1, 0.15) is 219 Å². The van der Waals surface area contributed by atoms with Crippen LogP contribution in [0.25, 0.3) is 0 Å². The fourth-order valence-electron chi connectivity index (χ4n) is 6.11. The molecule has 0 fully saturated rings. The first-order valence-electron chi connectivity index (χ1n) is 19.3. The van der Waals surface area contributed by atoms with Gasteiger partial charge < -0.3 is 4.55 Å². The van der Waals surface area contributed by atoms with Crippen LogP contribution >= 0.6 is 0 Å². The fourth-order valence-corrected chi connectivity index (χ4v) is 6.45. The molecular weight excluding hydrogens is 592 g/mol. The van der Waals surface area contributed by atoms with Gasteiger partial charge in [-0.15, -0.1) is 0 Å². The second kappa shape index (κ2) is 38.7. The van der Waals surface area contributed by atoms with E-state index in [1.165, 1.54) is 186 Å². The Morgan fingerprint density at radius 1 is 0.500 bits per heavy atom. The summed E-state index contributed by atoms with van der Waals surface area (Å²) in [6, 6.07) is 0. The molecule has 0 aromatic rings. The first-order valence-corrected chi connectivity index (χ1v) is 20.6. The topological polar surface area (TPSA) is 66.4 Å². The maximum atomic E-state index is 11.0. The van der Waals surface area contributed by atoms with Crippen molar-refractivity contribution in [1.29, 1.82) is 0 Å². The van der Waals surface area contributed by atoms with E-state index in [1.54, 1.807) is 0 Å². The second-order valence-electron chi connectivity index (χ2n) is 13.4. The Morgan fingerprint density at radius 2 is 0.795 bits per heavy atom. The van der Waals surface area contributed by atoms with Gasteiger partial charge in [0.25, 0.3) is 0 Å². The summed E-state index contributed by atoms with van der Waals surface area (Å²) >= 11 is 0. The van der Waals surface area contributed by atoms with Gasteiger partial charge in [-0.05, 0) is 19.3 Å². The van der Waals surface area contributed by atoms with Crippen LogP contribution in [0.4, 0.5) is 0 Å². The van der Waals surface area contributed by atoms with Gasteiger partial charge in [-0.25, -0.2) is 8.42 Å². The third-order valence-corrected chi connectivity index (χ3v) is 9.41. The molecule has 0 saturated carbocycles. The molecule has 44 heavy (non-hydrogen) atoms. The van der Waals surface area contributed by atoms with Crippen molar-refractivity contribution in [3.05, 3.63) is 12.2 Å². The quantitative estimate of drug-likeness (QED) is 0.0219. The minimum atomic E-state index is -4.62. The Morgan fingerprint density at radius 3 is 1.11 bits per heavy atom. The number of hydrogen-bond acceptors (Lipinski definition) is 4. The van der Waals surface area contributed by atoms with Gasteiger partial charge in [0.1, 0.15) is 0 Å². The Labute approximate surface area is 319 Å². The molecule has 0 amide bonds. The normalized spacial score (nSPS) is 12.6. The largest absolute Gasteiger partial charge is 1.00 e. The van der Waals surface area contributed by atoms with Gasteiger partial charge in [-0.1, -0.05) is 212 Å². The van der Waals surface area contributed by atoms with Crippen LogP contribution in [0, 0.1) is 5.92 Å². The third kappa shape index (κ3) is 41.3. The molecular formula is C38H75KO4S. The molecule has 0 heterocycles. The van der Waals surface area contributed by atoms with E-state index in [0.29, 0.717) is 0 Å². The smallest absolute Gasteiger partial charge is 0.726 e. The summed E-state index contributed by atoms with van der Waals surface area (Å²) in [6.45, 7) is 4.54. The molecule has 0 bridgehead atoms. The zero-order chi connectivity index (χ0) is 31.5. The van der Waals surface area contributed by atoms with E-state index in [-0.39, 0.29) is 63.9 Å². The van der Waals surface area contributed by atoms with Crippen molar-refractivity contribution in [3.63, 3.8) is 0 Å². The zero-order valence-electron chi connectivity index (χ0n) is 30.1. The molecule has 1 unspecified atom stereocenters. The summed E-state index contributed by atoms with van der Waals surface area (Å²) in [5, 5.41) is 0. The van der Waals surface area contributed by atoms with E-state index < -0.39 is 10.4 Å². The van der Waals surface area contributed by atoms with E-state index in [1.807, 2.05) is 0 Å². The van der Waals surface area contributed by atoms with Gasteiger partial charge >= 0.3 is 51.4 Å². The average molecular weight is 667 g/mol. The van der Waals surface area contributed by atoms with Crippen molar-refractivity contribution in [3.8, 4) is 0 Å². The Balaban J connectivity index is 0. The van der Waals surface area contributed by atoms with Crippen molar-refractivity contribution >= 4 is 10.4 Å². The van der Waals surface area contributed by atoms with E-state index in [4.69, 9.17) is 0 Å². The number of hydrogen-bond donors (Lipinski definition) is 0. The zero-order valence-corrected chi connectivity index (χ0v) is 34.0. The fraction of sp³-hybridized carbons (Fsp3) is 0.947. The van der Waals surface area contributed by atoms with Crippen molar-refractivity contribution in [2.75, 3.05) is 6.61 Å². The van der Waals surface area contributed by atoms with Crippen LogP contribution in [0.3, 0.4) is 0 Å². The minimum absolute atomic E-state index is 0. The maximum absolute atomic E-state index is 11.0. The van der Waals surface area contributed by atoms with Crippen molar-refractivity contribution < 1.29 is 68.5 Å². The molecule has 4 nitrogen and oxygen atoms in total. The molecule has 1 atom stereocenters. The van der Waals surface area contributed by atoms with Gasteiger partial charge in [0, 0.05) is 5.92 Å². The van der Waals surface area contributed by atoms with Gasteiger partial charge in [0.2, 0.25) is 10.4 Å². The van der Waals surface area contributed by atoms with Crippen LogP contribution in [-0.4, -0.2) is 19.6 Å². The van der Waals surface area contributed by atoms with Crippen LogP contribution in [0.2, 0.25) is 0 Å². The van der Waals surface area contributed by atoms with E-state index in [0.717, 1.165) is 19.3 Å². The molecule has 0 rings (SSSR count). The van der Waals surface area contributed by atoms with Gasteiger partial charge in [-0.3, -0.25) is 4.18 Å². The SMILES string of the molecule is CCCCCCCCCCCCCCCC/C=C/C(CCCCCCCCCCCCCCCCCC)COS(=O)(=O)[O-].[K+]. The van der Waals surface area contributed by atoms with Crippen LogP contribution in [0.15, 0.2) is 12.2 Å². The van der Waals surface area contributed by atoms with Gasteiger partial charge in [0.05, 0.1) is 6.61 Å². The van der Waals surface area contributed by atoms with Crippen LogP contribution in [-0.2, 0) is 14.6 Å². The summed E-state index contributed by atoms with van der Waals surface area (Å²) < 4.78 is 37.6. The van der Waals surface area contributed by atoms with Gasteiger partial charge in [0.15, 0.2) is 0 Å². The molecule has 0 aliphatic heterocycles. The van der Waals surface area contributed by atoms with Crippen molar-refractivity contribution in [2.24, 2.45) is 5.92 Å². The molecule has 0 aliphatic carbocycles. The molecule has 0 saturated heterocycles. The molecule has 0 N–H and O–H groups in total. The first-order chi connectivity index (χ1) is 21.0. The number of unbranched alkanes of at least 4 members (excludes halogenated alkanes) is 29. The summed E-state index contributed by atoms with van der Waals surface area (Å²) in [4.78, 5) is 0. The third-order valence-electron chi connectivity index (χ3n) is 8.99. The number of allylic oxidation sites excluding steroid dienone is 1. The monoisotopic (exact) mass is 667 g/mol. The Kier molecular flexibility index (Phi) is 41.6. The number of rotatable bonds is 36. The molecule has 0 radical (unpaired) electrons. The maximum Gasteiger partial charge on any atom is 1.00 e. The first kappa shape index (κ1) is 47.4. The Bertz CT molecular complexity index is 668.